The van der Waals surface area contributed by atoms with E-state index in [9.17, 15) is 5.11 Å². The highest BCUT2D eigenvalue weighted by Gasteiger charge is 2.15. The van der Waals surface area contributed by atoms with E-state index in [1.165, 1.54) is 0 Å². The van der Waals surface area contributed by atoms with Crippen molar-refractivity contribution in [3.05, 3.63) is 44.1 Å². The molecule has 4 nitrogen and oxygen atoms in total. The number of halogens is 2. The quantitative estimate of drug-likeness (QED) is 0.795. The Bertz CT molecular complexity index is 639. The predicted octanol–water partition coefficient (Wildman–Crippen LogP) is 4.14. The first kappa shape index (κ1) is 16.5. The highest BCUT2D eigenvalue weighted by molar-refractivity contribution is 9.10. The lowest BCUT2D eigenvalue weighted by Gasteiger charge is -2.14. The normalized spacial score (nSPS) is 12.5. The molecule has 0 bridgehead atoms. The zero-order valence-electron chi connectivity index (χ0n) is 12.2. The molecule has 0 fully saturated rings. The van der Waals surface area contributed by atoms with Crippen molar-refractivity contribution >= 4 is 31.9 Å². The van der Waals surface area contributed by atoms with E-state index in [2.05, 4.69) is 43.9 Å². The lowest BCUT2D eigenvalue weighted by atomic mass is 10.1. The number of benzene rings is 1. The number of rotatable bonds is 5. The van der Waals surface area contributed by atoms with Gasteiger partial charge in [-0.15, -0.1) is 0 Å². The van der Waals surface area contributed by atoms with Gasteiger partial charge in [-0.3, -0.25) is 4.68 Å². The first-order valence-electron chi connectivity index (χ1n) is 6.74. The Kier molecular flexibility index (Phi) is 5.46. The van der Waals surface area contributed by atoms with E-state index in [1.807, 2.05) is 29.9 Å². The van der Waals surface area contributed by atoms with Crippen molar-refractivity contribution in [2.45, 2.75) is 33.0 Å². The van der Waals surface area contributed by atoms with Crippen LogP contribution in [0.2, 0.25) is 0 Å². The van der Waals surface area contributed by atoms with Crippen LogP contribution in [0.25, 0.3) is 0 Å². The summed E-state index contributed by atoms with van der Waals surface area (Å²) in [5.74, 6) is 0.680. The van der Waals surface area contributed by atoms with Gasteiger partial charge in [0.1, 0.15) is 12.4 Å². The second kappa shape index (κ2) is 6.94. The molecule has 0 saturated carbocycles. The summed E-state index contributed by atoms with van der Waals surface area (Å²) >= 11 is 6.98. The minimum atomic E-state index is -0.585. The number of aliphatic hydroxyl groups excluding tert-OH is 1. The third kappa shape index (κ3) is 3.67. The molecule has 1 atom stereocenters. The first-order valence-corrected chi connectivity index (χ1v) is 8.33. The van der Waals surface area contributed by atoms with Gasteiger partial charge in [0.2, 0.25) is 0 Å². The monoisotopic (exact) mass is 416 g/mol. The molecule has 2 aromatic rings. The van der Waals surface area contributed by atoms with Gasteiger partial charge in [0.05, 0.1) is 22.0 Å². The summed E-state index contributed by atoms with van der Waals surface area (Å²) < 4.78 is 9.62. The minimum Gasteiger partial charge on any atom is -0.487 e. The van der Waals surface area contributed by atoms with Crippen LogP contribution in [0.15, 0.2) is 27.1 Å². The maximum absolute atomic E-state index is 9.85. The van der Waals surface area contributed by atoms with E-state index < -0.39 is 6.10 Å². The summed E-state index contributed by atoms with van der Waals surface area (Å²) in [5.41, 5.74) is 2.76. The third-order valence-electron chi connectivity index (χ3n) is 3.29. The zero-order chi connectivity index (χ0) is 15.6. The molecule has 0 saturated heterocycles. The van der Waals surface area contributed by atoms with Crippen LogP contribution in [0.4, 0.5) is 0 Å². The van der Waals surface area contributed by atoms with Gasteiger partial charge >= 0.3 is 0 Å². The molecule has 0 amide bonds. The molecule has 21 heavy (non-hydrogen) atoms. The average molecular weight is 418 g/mol. The molecule has 6 heteroatoms. The van der Waals surface area contributed by atoms with Crippen molar-refractivity contribution in [3.8, 4) is 5.75 Å². The van der Waals surface area contributed by atoms with Gasteiger partial charge < -0.3 is 9.84 Å². The van der Waals surface area contributed by atoms with Crippen molar-refractivity contribution < 1.29 is 9.84 Å². The second-order valence-electron chi connectivity index (χ2n) is 4.83. The second-order valence-corrected chi connectivity index (χ2v) is 6.54. The highest BCUT2D eigenvalue weighted by atomic mass is 79.9. The summed E-state index contributed by atoms with van der Waals surface area (Å²) in [6.45, 7) is 4.19. The van der Waals surface area contributed by atoms with Crippen molar-refractivity contribution in [1.29, 1.82) is 0 Å². The van der Waals surface area contributed by atoms with E-state index in [1.54, 1.807) is 6.92 Å². The molecular weight excluding hydrogens is 400 g/mol. The molecule has 2 rings (SSSR count). The van der Waals surface area contributed by atoms with E-state index in [0.717, 1.165) is 32.3 Å². The van der Waals surface area contributed by atoms with Gasteiger partial charge in [-0.2, -0.15) is 5.10 Å². The standard InChI is InChI=1S/C15H18Br2N2O2/c1-4-12-15(17)13(19(3)18-12)8-21-14-6-5-10(16)7-11(14)9(2)20/h5-7,9,20H,4,8H2,1-3H3. The lowest BCUT2D eigenvalue weighted by molar-refractivity contribution is 0.189. The zero-order valence-corrected chi connectivity index (χ0v) is 15.4. The van der Waals surface area contributed by atoms with Gasteiger partial charge in [0, 0.05) is 17.1 Å². The van der Waals surface area contributed by atoms with Crippen LogP contribution < -0.4 is 4.74 Å². The minimum absolute atomic E-state index is 0.394. The van der Waals surface area contributed by atoms with E-state index in [0.29, 0.717) is 12.4 Å². The molecule has 0 aliphatic heterocycles. The Balaban J connectivity index is 2.23. The molecule has 1 N–H and O–H groups in total. The molecule has 0 aliphatic carbocycles. The first-order chi connectivity index (χ1) is 9.93. The lowest BCUT2D eigenvalue weighted by Crippen LogP contribution is -2.06. The number of aliphatic hydroxyl groups is 1. The SMILES string of the molecule is CCc1nn(C)c(COc2ccc(Br)cc2C(C)O)c1Br. The maximum Gasteiger partial charge on any atom is 0.131 e. The molecule has 114 valence electrons. The highest BCUT2D eigenvalue weighted by Crippen LogP contribution is 2.30. The van der Waals surface area contributed by atoms with Crippen LogP contribution in [0, 0.1) is 0 Å². The van der Waals surface area contributed by atoms with E-state index in [-0.39, 0.29) is 0 Å². The summed E-state index contributed by atoms with van der Waals surface area (Å²) in [6, 6.07) is 5.63. The Hall–Kier alpha value is -0.850. The summed E-state index contributed by atoms with van der Waals surface area (Å²) in [7, 11) is 1.90. The Morgan fingerprint density at radius 1 is 1.38 bits per heavy atom. The van der Waals surface area contributed by atoms with E-state index >= 15 is 0 Å². The Morgan fingerprint density at radius 2 is 2.10 bits per heavy atom. The van der Waals surface area contributed by atoms with Crippen LogP contribution in [0.1, 0.15) is 36.9 Å². The number of ether oxygens (including phenoxy) is 1. The average Bonchev–Trinajstić information content (AvgIpc) is 2.72. The van der Waals surface area contributed by atoms with E-state index in [4.69, 9.17) is 4.74 Å². The van der Waals surface area contributed by atoms with Crippen molar-refractivity contribution in [2.24, 2.45) is 7.05 Å². The van der Waals surface area contributed by atoms with Gasteiger partial charge in [0.15, 0.2) is 0 Å². The van der Waals surface area contributed by atoms with Gasteiger partial charge in [-0.1, -0.05) is 22.9 Å². The topological polar surface area (TPSA) is 47.3 Å². The molecule has 0 aliphatic rings. The summed E-state index contributed by atoms with van der Waals surface area (Å²) in [6.07, 6.45) is 0.282. The number of nitrogens with zero attached hydrogens (tertiary/aromatic N) is 2. The third-order valence-corrected chi connectivity index (χ3v) is 4.70. The maximum atomic E-state index is 9.85. The van der Waals surface area contributed by atoms with Crippen molar-refractivity contribution in [2.75, 3.05) is 0 Å². The predicted molar refractivity (Wildman–Crippen MR) is 89.4 cm³/mol. The number of hydrogen-bond acceptors (Lipinski definition) is 3. The molecular formula is C15H18Br2N2O2. The number of aromatic nitrogens is 2. The fourth-order valence-electron chi connectivity index (χ4n) is 2.10. The van der Waals surface area contributed by atoms with Crippen molar-refractivity contribution in [3.63, 3.8) is 0 Å². The van der Waals surface area contributed by atoms with Crippen LogP contribution in [-0.2, 0) is 20.1 Å². The largest absolute Gasteiger partial charge is 0.487 e. The van der Waals surface area contributed by atoms with Gasteiger partial charge in [-0.05, 0) is 47.5 Å². The molecule has 1 unspecified atom stereocenters. The smallest absolute Gasteiger partial charge is 0.131 e. The van der Waals surface area contributed by atoms with Gasteiger partial charge in [-0.25, -0.2) is 0 Å². The number of hydrogen-bond donors (Lipinski definition) is 1. The fourth-order valence-corrected chi connectivity index (χ4v) is 3.21. The Morgan fingerprint density at radius 3 is 2.67 bits per heavy atom. The van der Waals surface area contributed by atoms with Crippen LogP contribution in [0.5, 0.6) is 5.75 Å². The molecule has 1 aromatic carbocycles. The molecule has 0 radical (unpaired) electrons. The van der Waals surface area contributed by atoms with Crippen molar-refractivity contribution in [1.82, 2.24) is 9.78 Å². The van der Waals surface area contributed by atoms with Crippen LogP contribution in [0.3, 0.4) is 0 Å². The number of aryl methyl sites for hydroxylation is 2. The Labute approximate surface area is 141 Å². The van der Waals surface area contributed by atoms with Gasteiger partial charge in [0.25, 0.3) is 0 Å². The molecule has 1 aromatic heterocycles. The van der Waals surface area contributed by atoms with Crippen LogP contribution in [-0.4, -0.2) is 14.9 Å². The fraction of sp³-hybridized carbons (Fsp3) is 0.400. The van der Waals surface area contributed by atoms with Crippen LogP contribution >= 0.6 is 31.9 Å². The summed E-state index contributed by atoms with van der Waals surface area (Å²) in [4.78, 5) is 0. The molecule has 1 heterocycles. The summed E-state index contributed by atoms with van der Waals surface area (Å²) in [5, 5.41) is 14.3. The molecule has 0 spiro atoms.